The fourth-order valence-electron chi connectivity index (χ4n) is 2.59. The number of aryl methyl sites for hydroxylation is 1. The highest BCUT2D eigenvalue weighted by Crippen LogP contribution is 2.25. The van der Waals surface area contributed by atoms with E-state index in [1.54, 1.807) is 0 Å². The molecule has 2 heterocycles. The summed E-state index contributed by atoms with van der Waals surface area (Å²) in [6.45, 7) is 0. The Morgan fingerprint density at radius 3 is 2.40 bits per heavy atom. The molecule has 4 aromatic rings. The van der Waals surface area contributed by atoms with E-state index in [-0.39, 0.29) is 12.4 Å². The molecule has 0 aliphatic carbocycles. The lowest BCUT2D eigenvalue weighted by molar-refractivity contribution is 0.948. The summed E-state index contributed by atoms with van der Waals surface area (Å²) in [5.74, 6) is 0.972. The van der Waals surface area contributed by atoms with Crippen LogP contribution in [0.3, 0.4) is 0 Å². The molecule has 0 bridgehead atoms. The molecule has 0 spiro atoms. The molecule has 2 aromatic carbocycles. The molecule has 0 aliphatic heterocycles. The summed E-state index contributed by atoms with van der Waals surface area (Å²) in [5, 5.41) is 0. The lowest BCUT2D eigenvalue weighted by atomic mass is 10.2. The Balaban J connectivity index is 0.00000121. The van der Waals surface area contributed by atoms with Crippen molar-refractivity contribution in [3.63, 3.8) is 0 Å². The Kier molecular flexibility index (Phi) is 2.99. The number of nitrogens with zero attached hydrogens (tertiary/aromatic N) is 3. The monoisotopic (exact) mass is 283 g/mol. The molecular weight excluding hydrogens is 270 g/mol. The maximum Gasteiger partial charge on any atom is 0.215 e. The first-order chi connectivity index (χ1) is 9.34. The maximum atomic E-state index is 4.69. The number of fused-ring (bicyclic) bond motifs is 3. The van der Waals surface area contributed by atoms with E-state index in [0.717, 1.165) is 16.8 Å². The largest absolute Gasteiger partial charge is 0.313 e. The lowest BCUT2D eigenvalue weighted by Crippen LogP contribution is -1.91. The first-order valence-electron chi connectivity index (χ1n) is 6.32. The summed E-state index contributed by atoms with van der Waals surface area (Å²) in [4.78, 5) is 4.69. The van der Waals surface area contributed by atoms with E-state index >= 15 is 0 Å². The van der Waals surface area contributed by atoms with Crippen LogP contribution in [0.15, 0.2) is 60.8 Å². The smallest absolute Gasteiger partial charge is 0.215 e. The second-order valence-corrected chi connectivity index (χ2v) is 4.71. The van der Waals surface area contributed by atoms with Gasteiger partial charge in [0.2, 0.25) is 5.78 Å². The summed E-state index contributed by atoms with van der Waals surface area (Å²) in [5.41, 5.74) is 4.57. The summed E-state index contributed by atoms with van der Waals surface area (Å²) in [7, 11) is 2.06. The van der Waals surface area contributed by atoms with E-state index in [1.807, 2.05) is 24.3 Å². The normalized spacial score (nSPS) is 10.8. The van der Waals surface area contributed by atoms with Gasteiger partial charge in [-0.25, -0.2) is 4.98 Å². The van der Waals surface area contributed by atoms with Crippen LogP contribution in [0.2, 0.25) is 0 Å². The van der Waals surface area contributed by atoms with Crippen LogP contribution >= 0.6 is 12.4 Å². The molecule has 0 radical (unpaired) electrons. The Hall–Kier alpha value is -2.26. The second kappa shape index (κ2) is 4.69. The predicted molar refractivity (Wildman–Crippen MR) is 84.4 cm³/mol. The standard InChI is InChI=1S/C16H13N3.ClH/c1-18-15(12-7-3-2-4-8-12)11-19-14-10-6-5-9-13(14)17-16(18)19;/h2-11H,1H3;1H. The molecule has 0 saturated carbocycles. The molecule has 2 aromatic heterocycles. The molecule has 0 N–H and O–H groups in total. The van der Waals surface area contributed by atoms with Crippen LogP contribution in [0.5, 0.6) is 0 Å². The summed E-state index contributed by atoms with van der Waals surface area (Å²) in [6.07, 6.45) is 2.15. The SMILES string of the molecule is Cl.Cn1c(-c2ccccc2)cn2c3ccccc3nc12. The van der Waals surface area contributed by atoms with Gasteiger partial charge in [-0.15, -0.1) is 12.4 Å². The van der Waals surface area contributed by atoms with E-state index in [0.29, 0.717) is 0 Å². The van der Waals surface area contributed by atoms with Crippen LogP contribution in [0.1, 0.15) is 0 Å². The number of aromatic nitrogens is 3. The lowest BCUT2D eigenvalue weighted by Gasteiger charge is -2.01. The molecule has 0 atom stereocenters. The van der Waals surface area contributed by atoms with Crippen molar-refractivity contribution >= 4 is 29.2 Å². The highest BCUT2D eigenvalue weighted by molar-refractivity contribution is 5.85. The number of benzene rings is 2. The molecule has 0 fully saturated rings. The number of para-hydroxylation sites is 2. The topological polar surface area (TPSA) is 22.2 Å². The Morgan fingerprint density at radius 2 is 1.60 bits per heavy atom. The average molecular weight is 284 g/mol. The third kappa shape index (κ3) is 1.71. The summed E-state index contributed by atoms with van der Waals surface area (Å²) in [6, 6.07) is 18.6. The van der Waals surface area contributed by atoms with Gasteiger partial charge in [-0.2, -0.15) is 0 Å². The fourth-order valence-corrected chi connectivity index (χ4v) is 2.59. The quantitative estimate of drug-likeness (QED) is 0.519. The van der Waals surface area contributed by atoms with Crippen molar-refractivity contribution in [3.05, 3.63) is 60.8 Å². The van der Waals surface area contributed by atoms with Gasteiger partial charge in [0, 0.05) is 13.2 Å². The highest BCUT2D eigenvalue weighted by atomic mass is 35.5. The Labute approximate surface area is 122 Å². The van der Waals surface area contributed by atoms with Crippen LogP contribution in [-0.2, 0) is 7.05 Å². The fraction of sp³-hybridized carbons (Fsp3) is 0.0625. The zero-order valence-electron chi connectivity index (χ0n) is 11.0. The van der Waals surface area contributed by atoms with Crippen LogP contribution in [0.4, 0.5) is 0 Å². The number of hydrogen-bond acceptors (Lipinski definition) is 1. The minimum absolute atomic E-state index is 0. The zero-order chi connectivity index (χ0) is 12.8. The van der Waals surface area contributed by atoms with E-state index < -0.39 is 0 Å². The molecule has 3 nitrogen and oxygen atoms in total. The van der Waals surface area contributed by atoms with Crippen molar-refractivity contribution in [1.29, 1.82) is 0 Å². The van der Waals surface area contributed by atoms with Crippen LogP contribution in [-0.4, -0.2) is 14.0 Å². The van der Waals surface area contributed by atoms with Gasteiger partial charge >= 0.3 is 0 Å². The molecule has 100 valence electrons. The van der Waals surface area contributed by atoms with Gasteiger partial charge in [0.05, 0.1) is 16.7 Å². The van der Waals surface area contributed by atoms with E-state index in [9.17, 15) is 0 Å². The van der Waals surface area contributed by atoms with Gasteiger partial charge in [-0.3, -0.25) is 4.40 Å². The highest BCUT2D eigenvalue weighted by Gasteiger charge is 2.12. The van der Waals surface area contributed by atoms with Gasteiger partial charge in [0.25, 0.3) is 0 Å². The molecule has 4 rings (SSSR count). The minimum Gasteiger partial charge on any atom is -0.313 e. The van der Waals surface area contributed by atoms with Gasteiger partial charge in [0.1, 0.15) is 0 Å². The molecule has 0 amide bonds. The first-order valence-corrected chi connectivity index (χ1v) is 6.32. The van der Waals surface area contributed by atoms with E-state index in [4.69, 9.17) is 0 Å². The van der Waals surface area contributed by atoms with Crippen molar-refractivity contribution in [2.24, 2.45) is 7.05 Å². The Bertz CT molecular complexity index is 875. The van der Waals surface area contributed by atoms with Gasteiger partial charge in [-0.1, -0.05) is 42.5 Å². The van der Waals surface area contributed by atoms with E-state index in [1.165, 1.54) is 11.3 Å². The van der Waals surface area contributed by atoms with Gasteiger partial charge in [0.15, 0.2) is 0 Å². The van der Waals surface area contributed by atoms with Crippen molar-refractivity contribution in [2.45, 2.75) is 0 Å². The third-order valence-corrected chi connectivity index (χ3v) is 3.56. The molecular formula is C16H14ClN3. The van der Waals surface area contributed by atoms with Crippen molar-refractivity contribution in [1.82, 2.24) is 14.0 Å². The van der Waals surface area contributed by atoms with Crippen LogP contribution in [0.25, 0.3) is 28.1 Å². The van der Waals surface area contributed by atoms with Gasteiger partial charge < -0.3 is 4.57 Å². The third-order valence-electron chi connectivity index (χ3n) is 3.56. The number of imidazole rings is 2. The number of halogens is 1. The summed E-state index contributed by atoms with van der Waals surface area (Å²) < 4.78 is 4.28. The van der Waals surface area contributed by atoms with Crippen LogP contribution < -0.4 is 0 Å². The molecule has 4 heteroatoms. The van der Waals surface area contributed by atoms with Crippen LogP contribution in [0, 0.1) is 0 Å². The first kappa shape index (κ1) is 12.8. The number of rotatable bonds is 1. The predicted octanol–water partition coefficient (Wildman–Crippen LogP) is 3.91. The Morgan fingerprint density at radius 1 is 0.900 bits per heavy atom. The van der Waals surface area contributed by atoms with Gasteiger partial charge in [-0.05, 0) is 17.7 Å². The van der Waals surface area contributed by atoms with Crippen molar-refractivity contribution in [3.8, 4) is 11.3 Å². The van der Waals surface area contributed by atoms with Crippen molar-refractivity contribution < 1.29 is 0 Å². The summed E-state index contributed by atoms with van der Waals surface area (Å²) >= 11 is 0. The minimum atomic E-state index is 0. The number of hydrogen-bond donors (Lipinski definition) is 0. The zero-order valence-corrected chi connectivity index (χ0v) is 11.8. The van der Waals surface area contributed by atoms with E-state index in [2.05, 4.69) is 57.5 Å². The maximum absolute atomic E-state index is 4.69. The molecule has 0 unspecified atom stereocenters. The second-order valence-electron chi connectivity index (χ2n) is 4.71. The average Bonchev–Trinajstić information content (AvgIpc) is 2.98. The molecule has 0 aliphatic rings. The molecule has 0 saturated heterocycles. The molecule has 20 heavy (non-hydrogen) atoms. The van der Waals surface area contributed by atoms with Crippen molar-refractivity contribution in [2.75, 3.05) is 0 Å².